The molecule has 0 aliphatic carbocycles. The van der Waals surface area contributed by atoms with Gasteiger partial charge in [0.2, 0.25) is 0 Å². The van der Waals surface area contributed by atoms with Gasteiger partial charge in [0, 0.05) is 44.3 Å². The molecule has 0 atom stereocenters. The molecule has 0 aliphatic heterocycles. The van der Waals surface area contributed by atoms with E-state index in [1.54, 1.807) is 0 Å². The van der Waals surface area contributed by atoms with E-state index < -0.39 is 0 Å². The fourth-order valence-corrected chi connectivity index (χ4v) is 8.48. The Morgan fingerprint density at radius 1 is 0.302 bits per heavy atom. The number of hydrogen-bond donors (Lipinski definition) is 0. The van der Waals surface area contributed by atoms with Gasteiger partial charge in [-0.05, 0) is 94.3 Å². The first kappa shape index (κ1) is 29.6. The van der Waals surface area contributed by atoms with Crippen molar-refractivity contribution in [1.82, 2.24) is 9.13 Å². The van der Waals surface area contributed by atoms with Gasteiger partial charge in [0.05, 0.1) is 27.8 Å². The van der Waals surface area contributed by atoms with Crippen molar-refractivity contribution in [2.75, 3.05) is 4.90 Å². The maximum Gasteiger partial charge on any atom is 0.0562 e. The number of benzene rings is 9. The lowest BCUT2D eigenvalue weighted by atomic mass is 10.1. The van der Waals surface area contributed by atoms with Gasteiger partial charge >= 0.3 is 0 Å². The molecule has 3 nitrogen and oxygen atoms in total. The molecule has 2 heterocycles. The standard InChI is InChI=1S/C50H33N3/c1-2-17-38(18-3-1)51(41-29-30-43-42-19-8-10-21-45(42)53(49(43)33-41)40-28-26-35-14-5-7-16-37(35)32-40)47-23-12-24-48-50(47)44-20-9-11-22-46(44)52(48)39-27-25-34-13-4-6-15-36(34)31-39/h1-33H. The molecule has 9 aromatic carbocycles. The summed E-state index contributed by atoms with van der Waals surface area (Å²) in [5.74, 6) is 0. The Morgan fingerprint density at radius 3 is 1.53 bits per heavy atom. The molecule has 11 aromatic rings. The van der Waals surface area contributed by atoms with E-state index in [9.17, 15) is 0 Å². The Balaban J connectivity index is 1.19. The zero-order valence-electron chi connectivity index (χ0n) is 28.9. The van der Waals surface area contributed by atoms with Crippen LogP contribution in [0.4, 0.5) is 17.1 Å². The van der Waals surface area contributed by atoms with E-state index in [0.717, 1.165) is 28.4 Å². The minimum Gasteiger partial charge on any atom is -0.310 e. The van der Waals surface area contributed by atoms with Crippen LogP contribution in [0.3, 0.4) is 0 Å². The van der Waals surface area contributed by atoms with Crippen LogP contribution in [0.2, 0.25) is 0 Å². The lowest BCUT2D eigenvalue weighted by molar-refractivity contribution is 1.18. The fourth-order valence-electron chi connectivity index (χ4n) is 8.48. The third kappa shape index (κ3) is 4.61. The van der Waals surface area contributed by atoms with Gasteiger partial charge in [-0.1, -0.05) is 127 Å². The number of fused-ring (bicyclic) bond motifs is 8. The Kier molecular flexibility index (Phi) is 6.55. The minimum absolute atomic E-state index is 1.10. The van der Waals surface area contributed by atoms with E-state index in [1.165, 1.54) is 65.2 Å². The van der Waals surface area contributed by atoms with Crippen molar-refractivity contribution in [2.45, 2.75) is 0 Å². The summed E-state index contributed by atoms with van der Waals surface area (Å²) in [4.78, 5) is 2.43. The zero-order valence-corrected chi connectivity index (χ0v) is 28.9. The Morgan fingerprint density at radius 2 is 0.830 bits per heavy atom. The quantitative estimate of drug-likeness (QED) is 0.177. The number of anilines is 3. The summed E-state index contributed by atoms with van der Waals surface area (Å²) in [7, 11) is 0. The van der Waals surface area contributed by atoms with E-state index in [2.05, 4.69) is 214 Å². The SMILES string of the molecule is c1ccc(N(c2ccc3c4ccccc4n(-c4ccc5ccccc5c4)c3c2)c2cccc3c2c2ccccc2n3-c2ccc3ccccc3c2)cc1. The highest BCUT2D eigenvalue weighted by atomic mass is 15.2. The van der Waals surface area contributed by atoms with Gasteiger partial charge in [-0.2, -0.15) is 0 Å². The van der Waals surface area contributed by atoms with Crippen molar-refractivity contribution in [3.05, 3.63) is 200 Å². The molecule has 0 N–H and O–H groups in total. The fraction of sp³-hybridized carbons (Fsp3) is 0. The first-order chi connectivity index (χ1) is 26.3. The molecule has 0 spiro atoms. The van der Waals surface area contributed by atoms with Crippen LogP contribution in [0.15, 0.2) is 200 Å². The zero-order chi connectivity index (χ0) is 34.9. The second-order valence-electron chi connectivity index (χ2n) is 13.8. The van der Waals surface area contributed by atoms with Crippen LogP contribution in [0.25, 0.3) is 76.5 Å². The Labute approximate surface area is 306 Å². The van der Waals surface area contributed by atoms with Crippen LogP contribution in [0.5, 0.6) is 0 Å². The third-order valence-corrected chi connectivity index (χ3v) is 10.8. The number of rotatable bonds is 5. The van der Waals surface area contributed by atoms with Crippen LogP contribution in [-0.2, 0) is 0 Å². The maximum atomic E-state index is 2.43. The van der Waals surface area contributed by atoms with Crippen molar-refractivity contribution in [2.24, 2.45) is 0 Å². The molecular weight excluding hydrogens is 643 g/mol. The molecule has 0 aliphatic rings. The normalized spacial score (nSPS) is 11.8. The summed E-state index contributed by atoms with van der Waals surface area (Å²) in [6.45, 7) is 0. The molecule has 0 saturated heterocycles. The summed E-state index contributed by atoms with van der Waals surface area (Å²) >= 11 is 0. The first-order valence-electron chi connectivity index (χ1n) is 18.2. The van der Waals surface area contributed by atoms with Gasteiger partial charge in [-0.25, -0.2) is 0 Å². The van der Waals surface area contributed by atoms with Crippen LogP contribution >= 0.6 is 0 Å². The molecule has 248 valence electrons. The predicted molar refractivity (Wildman–Crippen MR) is 225 cm³/mol. The number of para-hydroxylation sites is 3. The van der Waals surface area contributed by atoms with Crippen molar-refractivity contribution in [1.29, 1.82) is 0 Å². The third-order valence-electron chi connectivity index (χ3n) is 10.8. The van der Waals surface area contributed by atoms with E-state index in [4.69, 9.17) is 0 Å². The molecule has 0 fully saturated rings. The van der Waals surface area contributed by atoms with Gasteiger partial charge in [0.1, 0.15) is 0 Å². The van der Waals surface area contributed by atoms with E-state index in [1.807, 2.05) is 0 Å². The molecule has 0 bridgehead atoms. The molecule has 0 unspecified atom stereocenters. The summed E-state index contributed by atoms with van der Waals surface area (Å²) in [6.07, 6.45) is 0. The smallest absolute Gasteiger partial charge is 0.0562 e. The van der Waals surface area contributed by atoms with Gasteiger partial charge in [-0.15, -0.1) is 0 Å². The molecule has 53 heavy (non-hydrogen) atoms. The van der Waals surface area contributed by atoms with E-state index >= 15 is 0 Å². The highest BCUT2D eigenvalue weighted by Crippen LogP contribution is 2.45. The molecular formula is C50H33N3. The molecule has 3 heteroatoms. The molecule has 0 amide bonds. The lowest BCUT2D eigenvalue weighted by Crippen LogP contribution is -2.10. The largest absolute Gasteiger partial charge is 0.310 e. The molecule has 2 aromatic heterocycles. The molecule has 0 saturated carbocycles. The molecule has 0 radical (unpaired) electrons. The van der Waals surface area contributed by atoms with Gasteiger partial charge in [-0.3, -0.25) is 0 Å². The molecule has 11 rings (SSSR count). The average molecular weight is 676 g/mol. The topological polar surface area (TPSA) is 13.1 Å². The second kappa shape index (κ2) is 11.7. The Hall–Kier alpha value is -7.10. The van der Waals surface area contributed by atoms with Crippen LogP contribution < -0.4 is 4.90 Å². The Bertz CT molecular complexity index is 3180. The van der Waals surface area contributed by atoms with Gasteiger partial charge in [0.15, 0.2) is 0 Å². The summed E-state index contributed by atoms with van der Waals surface area (Å²) in [5.41, 5.74) is 10.4. The minimum atomic E-state index is 1.10. The summed E-state index contributed by atoms with van der Waals surface area (Å²) in [6, 6.07) is 72.8. The monoisotopic (exact) mass is 675 g/mol. The number of nitrogens with zero attached hydrogens (tertiary/aromatic N) is 3. The van der Waals surface area contributed by atoms with Crippen LogP contribution in [0.1, 0.15) is 0 Å². The van der Waals surface area contributed by atoms with E-state index in [-0.39, 0.29) is 0 Å². The first-order valence-corrected chi connectivity index (χ1v) is 18.2. The van der Waals surface area contributed by atoms with Crippen molar-refractivity contribution < 1.29 is 0 Å². The summed E-state index contributed by atoms with van der Waals surface area (Å²) < 4.78 is 4.85. The number of hydrogen-bond acceptors (Lipinski definition) is 1. The average Bonchev–Trinajstić information content (AvgIpc) is 3.74. The van der Waals surface area contributed by atoms with Crippen LogP contribution in [-0.4, -0.2) is 9.13 Å². The highest BCUT2D eigenvalue weighted by Gasteiger charge is 2.22. The van der Waals surface area contributed by atoms with Crippen molar-refractivity contribution in [3.8, 4) is 11.4 Å². The van der Waals surface area contributed by atoms with Gasteiger partial charge < -0.3 is 14.0 Å². The van der Waals surface area contributed by atoms with Crippen molar-refractivity contribution >= 4 is 82.2 Å². The second-order valence-corrected chi connectivity index (χ2v) is 13.8. The van der Waals surface area contributed by atoms with Gasteiger partial charge in [0.25, 0.3) is 0 Å². The lowest BCUT2D eigenvalue weighted by Gasteiger charge is -2.27. The van der Waals surface area contributed by atoms with Crippen LogP contribution in [0, 0.1) is 0 Å². The maximum absolute atomic E-state index is 2.43. The van der Waals surface area contributed by atoms with Crippen molar-refractivity contribution in [3.63, 3.8) is 0 Å². The predicted octanol–water partition coefficient (Wildman–Crippen LogP) is 13.7. The highest BCUT2D eigenvalue weighted by molar-refractivity contribution is 6.17. The summed E-state index contributed by atoms with van der Waals surface area (Å²) in [5, 5.41) is 9.86. The number of aromatic nitrogens is 2. The van der Waals surface area contributed by atoms with E-state index in [0.29, 0.717) is 0 Å².